The second-order valence-corrected chi connectivity index (χ2v) is 5.85. The van der Waals surface area contributed by atoms with Gasteiger partial charge in [-0.1, -0.05) is 40.8 Å². The van der Waals surface area contributed by atoms with E-state index in [-0.39, 0.29) is 0 Å². The van der Waals surface area contributed by atoms with Gasteiger partial charge in [0.1, 0.15) is 39.2 Å². The van der Waals surface area contributed by atoms with Crippen molar-refractivity contribution in [2.45, 2.75) is 6.42 Å². The molecule has 2 aromatic carbocycles. The SMILES string of the molecule is Bc1c(B)c(B)c(Cc2ccccc2B(O)O)c(B)c1B. The lowest BCUT2D eigenvalue weighted by atomic mass is 9.59. The normalized spacial score (nSPS) is 10.6. The summed E-state index contributed by atoms with van der Waals surface area (Å²) >= 11 is 0. The number of hydrogen-bond donors (Lipinski definition) is 2. The van der Waals surface area contributed by atoms with Crippen molar-refractivity contribution in [3.8, 4) is 0 Å². The van der Waals surface area contributed by atoms with Crippen molar-refractivity contribution in [3.63, 3.8) is 0 Å². The Bertz CT molecular complexity index is 658. The molecule has 8 heteroatoms. The summed E-state index contributed by atoms with van der Waals surface area (Å²) < 4.78 is 0. The minimum absolute atomic E-state index is 0.590. The van der Waals surface area contributed by atoms with Crippen LogP contribution >= 0.6 is 0 Å². The highest BCUT2D eigenvalue weighted by molar-refractivity contribution is 6.67. The molecule has 0 spiro atoms. The Labute approximate surface area is 131 Å². The first-order valence-corrected chi connectivity index (χ1v) is 7.34. The van der Waals surface area contributed by atoms with Gasteiger partial charge in [0.2, 0.25) is 0 Å². The molecule has 0 atom stereocenters. The monoisotopic (exact) mass is 272 g/mol. The number of hydrogen-bond acceptors (Lipinski definition) is 2. The van der Waals surface area contributed by atoms with E-state index < -0.39 is 7.12 Å². The van der Waals surface area contributed by atoms with Gasteiger partial charge in [0.15, 0.2) is 0 Å². The highest BCUT2D eigenvalue weighted by Gasteiger charge is 2.17. The Kier molecular flexibility index (Phi) is 4.80. The molecule has 0 aliphatic rings. The standard InChI is InChI=1S/C13H18B6O2/c14-9-7(10(15)12(17)13(18)11(9)16)5-6-3-1-2-4-8(6)19(20)21/h1-4,20-21H,5,14-18H2. The molecule has 2 aromatic rings. The van der Waals surface area contributed by atoms with E-state index in [0.717, 1.165) is 12.0 Å². The quantitative estimate of drug-likeness (QED) is 0.545. The minimum atomic E-state index is -1.42. The first-order chi connectivity index (χ1) is 9.84. The molecule has 0 fully saturated rings. The molecule has 0 amide bonds. The van der Waals surface area contributed by atoms with E-state index in [1.165, 1.54) is 32.9 Å². The van der Waals surface area contributed by atoms with E-state index in [9.17, 15) is 10.0 Å². The summed E-state index contributed by atoms with van der Waals surface area (Å²) in [6.45, 7) is 0. The van der Waals surface area contributed by atoms with Crippen molar-refractivity contribution in [2.75, 3.05) is 0 Å². The zero-order valence-corrected chi connectivity index (χ0v) is 13.5. The predicted molar refractivity (Wildman–Crippen MR) is 106 cm³/mol. The fraction of sp³-hybridized carbons (Fsp3) is 0.0769. The summed E-state index contributed by atoms with van der Waals surface area (Å²) in [6, 6.07) is 7.53. The van der Waals surface area contributed by atoms with Gasteiger partial charge in [-0.25, -0.2) is 0 Å². The molecular weight excluding hydrogens is 253 g/mol. The highest BCUT2D eigenvalue weighted by Crippen LogP contribution is 2.03. The van der Waals surface area contributed by atoms with Crippen molar-refractivity contribution < 1.29 is 10.0 Å². The third-order valence-corrected chi connectivity index (χ3v) is 4.86. The predicted octanol–water partition coefficient (Wildman–Crippen LogP) is -7.75. The van der Waals surface area contributed by atoms with Crippen LogP contribution in [-0.2, 0) is 6.42 Å². The molecule has 100 valence electrons. The summed E-state index contributed by atoms with van der Waals surface area (Å²) in [5.41, 5.74) is 9.47. The largest absolute Gasteiger partial charge is 0.488 e. The van der Waals surface area contributed by atoms with E-state index in [2.05, 4.69) is 39.2 Å². The van der Waals surface area contributed by atoms with Crippen LogP contribution < -0.4 is 32.8 Å². The maximum Gasteiger partial charge on any atom is 0.488 e. The molecule has 2 rings (SSSR count). The van der Waals surface area contributed by atoms with E-state index in [0.29, 0.717) is 5.46 Å². The van der Waals surface area contributed by atoms with E-state index >= 15 is 0 Å². The lowest BCUT2D eigenvalue weighted by Crippen LogP contribution is -2.56. The van der Waals surface area contributed by atoms with Gasteiger partial charge in [-0.05, 0) is 17.4 Å². The van der Waals surface area contributed by atoms with E-state index in [1.807, 2.05) is 18.2 Å². The number of benzene rings is 2. The Morgan fingerprint density at radius 2 is 1.24 bits per heavy atom. The molecule has 0 aromatic heterocycles. The van der Waals surface area contributed by atoms with Crippen LogP contribution in [0.4, 0.5) is 0 Å². The van der Waals surface area contributed by atoms with Gasteiger partial charge < -0.3 is 10.0 Å². The van der Waals surface area contributed by atoms with Gasteiger partial charge >= 0.3 is 7.12 Å². The Morgan fingerprint density at radius 3 is 1.76 bits per heavy atom. The summed E-state index contributed by atoms with van der Waals surface area (Å²) in [7, 11) is 9.37. The van der Waals surface area contributed by atoms with Gasteiger partial charge in [0.25, 0.3) is 0 Å². The van der Waals surface area contributed by atoms with E-state index in [1.54, 1.807) is 6.07 Å². The molecule has 0 saturated heterocycles. The van der Waals surface area contributed by atoms with Gasteiger partial charge in [-0.15, -0.1) is 16.4 Å². The van der Waals surface area contributed by atoms with Gasteiger partial charge in [0, 0.05) is 0 Å². The van der Waals surface area contributed by atoms with E-state index in [4.69, 9.17) is 0 Å². The minimum Gasteiger partial charge on any atom is -0.423 e. The van der Waals surface area contributed by atoms with Crippen LogP contribution in [0.15, 0.2) is 24.3 Å². The summed E-state index contributed by atoms with van der Waals surface area (Å²) in [6.07, 6.45) is 0.730. The maximum absolute atomic E-state index is 9.53. The topological polar surface area (TPSA) is 40.5 Å². The van der Waals surface area contributed by atoms with Gasteiger partial charge in [-0.3, -0.25) is 0 Å². The number of rotatable bonds is 3. The molecule has 21 heavy (non-hydrogen) atoms. The second-order valence-electron chi connectivity index (χ2n) is 5.85. The van der Waals surface area contributed by atoms with Crippen LogP contribution in [0.2, 0.25) is 0 Å². The average Bonchev–Trinajstić information content (AvgIpc) is 2.48. The van der Waals surface area contributed by atoms with Crippen LogP contribution in [0.25, 0.3) is 0 Å². The highest BCUT2D eigenvalue weighted by atomic mass is 16.4. The molecule has 0 bridgehead atoms. The Hall–Kier alpha value is -1.25. The van der Waals surface area contributed by atoms with Crippen molar-refractivity contribution in [3.05, 3.63) is 35.4 Å². The third-order valence-electron chi connectivity index (χ3n) is 4.86. The molecule has 2 nitrogen and oxygen atoms in total. The maximum atomic E-state index is 9.53. The summed E-state index contributed by atoms with van der Waals surface area (Å²) in [4.78, 5) is 0. The zero-order chi connectivity index (χ0) is 15.7. The zero-order valence-electron chi connectivity index (χ0n) is 13.5. The van der Waals surface area contributed by atoms with Crippen molar-refractivity contribution in [1.82, 2.24) is 0 Å². The van der Waals surface area contributed by atoms with Crippen LogP contribution in [0, 0.1) is 0 Å². The summed E-state index contributed by atoms with van der Waals surface area (Å²) in [5, 5.41) is 19.1. The Balaban J connectivity index is 2.56. The van der Waals surface area contributed by atoms with Crippen molar-refractivity contribution in [1.29, 1.82) is 0 Å². The first kappa shape index (κ1) is 16.1. The lowest BCUT2D eigenvalue weighted by molar-refractivity contribution is 0.425. The molecule has 2 N–H and O–H groups in total. The Morgan fingerprint density at radius 1 is 0.762 bits per heavy atom. The molecule has 0 aliphatic heterocycles. The first-order valence-electron chi connectivity index (χ1n) is 7.34. The van der Waals surface area contributed by atoms with Crippen molar-refractivity contribution >= 4 is 79.1 Å². The van der Waals surface area contributed by atoms with Gasteiger partial charge in [-0.2, -0.15) is 0 Å². The fourth-order valence-corrected chi connectivity index (χ4v) is 2.98. The molecule has 0 radical (unpaired) electrons. The van der Waals surface area contributed by atoms with Crippen LogP contribution in [0.3, 0.4) is 0 Å². The lowest BCUT2D eigenvalue weighted by Gasteiger charge is -2.21. The average molecular weight is 271 g/mol. The van der Waals surface area contributed by atoms with Crippen LogP contribution in [0.5, 0.6) is 0 Å². The van der Waals surface area contributed by atoms with Crippen LogP contribution in [-0.4, -0.2) is 56.4 Å². The smallest absolute Gasteiger partial charge is 0.423 e. The third kappa shape index (κ3) is 3.02. The molecule has 0 heterocycles. The summed E-state index contributed by atoms with van der Waals surface area (Å²) in [5.74, 6) is 0. The van der Waals surface area contributed by atoms with Crippen LogP contribution in [0.1, 0.15) is 11.1 Å². The fourth-order valence-electron chi connectivity index (χ4n) is 2.98. The molecule has 0 unspecified atom stereocenters. The van der Waals surface area contributed by atoms with Gasteiger partial charge in [0.05, 0.1) is 0 Å². The molecule has 0 aliphatic carbocycles. The second kappa shape index (κ2) is 6.25. The van der Waals surface area contributed by atoms with Crippen molar-refractivity contribution in [2.24, 2.45) is 0 Å². The molecular formula is C13H18B6O2. The molecule has 0 saturated carbocycles.